The van der Waals surface area contributed by atoms with Gasteiger partial charge in [-0.3, -0.25) is 9.59 Å². The van der Waals surface area contributed by atoms with Gasteiger partial charge in [0.1, 0.15) is 23.6 Å². The maximum Gasteiger partial charge on any atom is 0.277 e. The van der Waals surface area contributed by atoms with E-state index in [1.807, 2.05) is 24.3 Å². The zero-order valence-electron chi connectivity index (χ0n) is 15.8. The van der Waals surface area contributed by atoms with Crippen LogP contribution in [0.5, 0.6) is 5.75 Å². The number of benzene rings is 2. The molecule has 7 nitrogen and oxygen atoms in total. The van der Waals surface area contributed by atoms with Gasteiger partial charge in [-0.25, -0.2) is 8.91 Å². The number of hydrogen-bond acceptors (Lipinski definition) is 4. The minimum absolute atomic E-state index is 0.0449. The number of carbonyl (C=O) groups is 1. The molecule has 0 radical (unpaired) electrons. The number of halogens is 2. The lowest BCUT2D eigenvalue weighted by Gasteiger charge is -2.08. The maximum atomic E-state index is 13.9. The van der Waals surface area contributed by atoms with Crippen molar-refractivity contribution in [3.63, 3.8) is 0 Å². The van der Waals surface area contributed by atoms with Crippen molar-refractivity contribution in [1.82, 2.24) is 14.2 Å². The molecule has 0 atom stereocenters. The lowest BCUT2D eigenvalue weighted by Crippen LogP contribution is -2.28. The Balaban J connectivity index is 1.58. The predicted molar refractivity (Wildman–Crippen MR) is 114 cm³/mol. The van der Waals surface area contributed by atoms with Crippen molar-refractivity contribution in [2.45, 2.75) is 6.54 Å². The van der Waals surface area contributed by atoms with Crippen LogP contribution in [0.1, 0.15) is 0 Å². The van der Waals surface area contributed by atoms with Crippen molar-refractivity contribution >= 4 is 33.0 Å². The van der Waals surface area contributed by atoms with Crippen LogP contribution in [0.2, 0.25) is 0 Å². The van der Waals surface area contributed by atoms with Crippen molar-refractivity contribution in [3.05, 3.63) is 81.6 Å². The van der Waals surface area contributed by atoms with Crippen molar-refractivity contribution in [1.29, 1.82) is 0 Å². The van der Waals surface area contributed by atoms with E-state index >= 15 is 0 Å². The van der Waals surface area contributed by atoms with Crippen molar-refractivity contribution in [2.24, 2.45) is 0 Å². The number of rotatable bonds is 5. The summed E-state index contributed by atoms with van der Waals surface area (Å²) in [5.74, 6) is -0.365. The summed E-state index contributed by atoms with van der Waals surface area (Å²) in [5.41, 5.74) is 1.44. The van der Waals surface area contributed by atoms with E-state index < -0.39 is 11.7 Å². The van der Waals surface area contributed by atoms with Gasteiger partial charge in [0.25, 0.3) is 5.56 Å². The van der Waals surface area contributed by atoms with Gasteiger partial charge in [0.15, 0.2) is 0 Å². The van der Waals surface area contributed by atoms with Crippen LogP contribution in [0.15, 0.2) is 70.2 Å². The van der Waals surface area contributed by atoms with E-state index in [0.717, 1.165) is 11.3 Å². The molecule has 152 valence electrons. The van der Waals surface area contributed by atoms with Gasteiger partial charge in [0.2, 0.25) is 5.91 Å². The van der Waals surface area contributed by atoms with E-state index in [4.69, 9.17) is 4.74 Å². The average Bonchev–Trinajstić information content (AvgIpc) is 3.17. The molecule has 0 aliphatic carbocycles. The molecular formula is C21H16BrFN4O3. The van der Waals surface area contributed by atoms with Crippen LogP contribution in [0, 0.1) is 5.82 Å². The summed E-state index contributed by atoms with van der Waals surface area (Å²) in [6.45, 7) is -0.256. The minimum atomic E-state index is -0.569. The number of amides is 1. The Morgan fingerprint density at radius 1 is 1.17 bits per heavy atom. The third-order valence-electron chi connectivity index (χ3n) is 4.51. The smallest absolute Gasteiger partial charge is 0.277 e. The molecule has 9 heteroatoms. The zero-order chi connectivity index (χ0) is 21.3. The molecule has 4 rings (SSSR count). The second-order valence-corrected chi connectivity index (χ2v) is 7.41. The Hall–Kier alpha value is -3.46. The lowest BCUT2D eigenvalue weighted by molar-refractivity contribution is -0.116. The fourth-order valence-corrected chi connectivity index (χ4v) is 3.32. The standard InChI is InChI=1S/C21H16BrFN4O3/c1-30-15-5-2-13(3-6-15)18-11-19-21(29)26(8-9-27(19)25-18)12-20(28)24-17-7-4-14(22)10-16(17)23/h2-11H,12H2,1H3,(H,24,28). The Labute approximate surface area is 178 Å². The number of nitrogens with one attached hydrogen (secondary N) is 1. The summed E-state index contributed by atoms with van der Waals surface area (Å²) in [4.78, 5) is 25.1. The molecule has 2 aromatic carbocycles. The number of methoxy groups -OCH3 is 1. The fourth-order valence-electron chi connectivity index (χ4n) is 2.99. The van der Waals surface area contributed by atoms with Gasteiger partial charge in [-0.1, -0.05) is 15.9 Å². The topological polar surface area (TPSA) is 77.6 Å². The molecule has 1 N–H and O–H groups in total. The average molecular weight is 471 g/mol. The van der Waals surface area contributed by atoms with Gasteiger partial charge in [0.05, 0.1) is 18.5 Å². The second kappa shape index (κ2) is 8.11. The number of fused-ring (bicyclic) bond motifs is 1. The Morgan fingerprint density at radius 3 is 2.63 bits per heavy atom. The quantitative estimate of drug-likeness (QED) is 0.482. The molecule has 2 aromatic heterocycles. The number of hydrogen-bond donors (Lipinski definition) is 1. The highest BCUT2D eigenvalue weighted by atomic mass is 79.9. The summed E-state index contributed by atoms with van der Waals surface area (Å²) in [7, 11) is 1.59. The lowest BCUT2D eigenvalue weighted by atomic mass is 10.1. The Morgan fingerprint density at radius 2 is 1.93 bits per heavy atom. The molecule has 0 saturated heterocycles. The second-order valence-electron chi connectivity index (χ2n) is 6.49. The summed E-state index contributed by atoms with van der Waals surface area (Å²) in [5, 5.41) is 6.89. The van der Waals surface area contributed by atoms with Crippen LogP contribution in [0.3, 0.4) is 0 Å². The molecule has 1 amide bonds. The minimum Gasteiger partial charge on any atom is -0.497 e. The summed E-state index contributed by atoms with van der Waals surface area (Å²) >= 11 is 3.16. The molecule has 0 fully saturated rings. The molecule has 0 unspecified atom stereocenters. The number of ether oxygens (including phenoxy) is 1. The van der Waals surface area contributed by atoms with Crippen LogP contribution < -0.4 is 15.6 Å². The third kappa shape index (κ3) is 3.97. The van der Waals surface area contributed by atoms with Gasteiger partial charge in [-0.15, -0.1) is 0 Å². The molecule has 0 aliphatic rings. The number of anilines is 1. The largest absolute Gasteiger partial charge is 0.497 e. The molecule has 4 aromatic rings. The monoisotopic (exact) mass is 470 g/mol. The van der Waals surface area contributed by atoms with Gasteiger partial charge in [0, 0.05) is 22.4 Å². The van der Waals surface area contributed by atoms with Crippen molar-refractivity contribution < 1.29 is 13.9 Å². The molecule has 0 aliphatic heterocycles. The first-order valence-electron chi connectivity index (χ1n) is 8.93. The third-order valence-corrected chi connectivity index (χ3v) is 5.00. The highest BCUT2D eigenvalue weighted by molar-refractivity contribution is 9.10. The summed E-state index contributed by atoms with van der Waals surface area (Å²) < 4.78 is 22.3. The van der Waals surface area contributed by atoms with Crippen molar-refractivity contribution in [2.75, 3.05) is 12.4 Å². The molecule has 0 bridgehead atoms. The Bertz CT molecular complexity index is 1300. The van der Waals surface area contributed by atoms with Crippen LogP contribution in [-0.4, -0.2) is 27.2 Å². The molecule has 0 spiro atoms. The van der Waals surface area contributed by atoms with E-state index in [9.17, 15) is 14.0 Å². The SMILES string of the molecule is COc1ccc(-c2cc3c(=O)n(CC(=O)Nc4ccc(Br)cc4F)ccn3n2)cc1. The van der Waals surface area contributed by atoms with Gasteiger partial charge in [-0.05, 0) is 48.5 Å². The van der Waals surface area contributed by atoms with E-state index in [1.54, 1.807) is 25.4 Å². The Kier molecular flexibility index (Phi) is 5.37. The zero-order valence-corrected chi connectivity index (χ0v) is 17.4. The molecular weight excluding hydrogens is 455 g/mol. The molecule has 30 heavy (non-hydrogen) atoms. The first-order chi connectivity index (χ1) is 14.4. The van der Waals surface area contributed by atoms with Crippen LogP contribution in [-0.2, 0) is 11.3 Å². The van der Waals surface area contributed by atoms with Gasteiger partial charge in [-0.2, -0.15) is 5.10 Å². The predicted octanol–water partition coefficient (Wildman–Crippen LogP) is 3.71. The fraction of sp³-hybridized carbons (Fsp3) is 0.0952. The van der Waals surface area contributed by atoms with Crippen LogP contribution >= 0.6 is 15.9 Å². The van der Waals surface area contributed by atoms with E-state index in [0.29, 0.717) is 15.7 Å². The molecule has 2 heterocycles. The highest BCUT2D eigenvalue weighted by Crippen LogP contribution is 2.22. The number of aromatic nitrogens is 3. The number of nitrogens with zero attached hydrogens (tertiary/aromatic N) is 3. The van der Waals surface area contributed by atoms with Crippen LogP contribution in [0.4, 0.5) is 10.1 Å². The summed E-state index contributed by atoms with van der Waals surface area (Å²) in [6.07, 6.45) is 3.06. The maximum absolute atomic E-state index is 13.9. The van der Waals surface area contributed by atoms with E-state index in [-0.39, 0.29) is 17.8 Å². The van der Waals surface area contributed by atoms with Gasteiger partial charge >= 0.3 is 0 Å². The van der Waals surface area contributed by atoms with Crippen LogP contribution in [0.25, 0.3) is 16.8 Å². The van der Waals surface area contributed by atoms with Gasteiger partial charge < -0.3 is 14.6 Å². The van der Waals surface area contributed by atoms with Crippen molar-refractivity contribution in [3.8, 4) is 17.0 Å². The molecule has 0 saturated carbocycles. The first-order valence-corrected chi connectivity index (χ1v) is 9.72. The van der Waals surface area contributed by atoms with E-state index in [1.165, 1.54) is 27.4 Å². The first kappa shape index (κ1) is 19.8. The highest BCUT2D eigenvalue weighted by Gasteiger charge is 2.13. The summed E-state index contributed by atoms with van der Waals surface area (Å²) in [6, 6.07) is 13.3. The number of carbonyl (C=O) groups excluding carboxylic acids is 1. The normalized spacial score (nSPS) is 10.9. The van der Waals surface area contributed by atoms with E-state index in [2.05, 4.69) is 26.3 Å².